The number of nitrogens with zero attached hydrogens (tertiary/aromatic N) is 2. The van der Waals surface area contributed by atoms with Gasteiger partial charge in [-0.2, -0.15) is 10.2 Å². The van der Waals surface area contributed by atoms with E-state index in [1.165, 1.54) is 0 Å². The second-order valence-corrected chi connectivity index (χ2v) is 3.63. The van der Waals surface area contributed by atoms with E-state index in [0.717, 1.165) is 5.56 Å². The molecule has 2 heteroatoms. The zero-order valence-electron chi connectivity index (χ0n) is 7.63. The maximum atomic E-state index is 3.73. The molecule has 2 nitrogen and oxygen atoms in total. The molecule has 0 atom stereocenters. The second kappa shape index (κ2) is 3.36. The fourth-order valence-corrected chi connectivity index (χ4v) is 0.624. The van der Waals surface area contributed by atoms with Gasteiger partial charge in [0.05, 0.1) is 12.4 Å². The molecule has 1 rings (SSSR count). The maximum absolute atomic E-state index is 3.73. The van der Waals surface area contributed by atoms with Gasteiger partial charge in [-0.05, 0) is 26.8 Å². The van der Waals surface area contributed by atoms with Crippen molar-refractivity contribution in [2.75, 3.05) is 0 Å². The zero-order valence-corrected chi connectivity index (χ0v) is 7.63. The van der Waals surface area contributed by atoms with Crippen LogP contribution in [0.25, 0.3) is 0 Å². The van der Waals surface area contributed by atoms with Crippen molar-refractivity contribution >= 4 is 0 Å². The van der Waals surface area contributed by atoms with Crippen molar-refractivity contribution in [2.24, 2.45) is 5.41 Å². The summed E-state index contributed by atoms with van der Waals surface area (Å²) in [5.41, 5.74) is 0.962. The lowest BCUT2D eigenvalue weighted by atomic mass is 9.98. The van der Waals surface area contributed by atoms with Crippen molar-refractivity contribution in [3.63, 3.8) is 0 Å². The summed E-state index contributed by atoms with van der Waals surface area (Å²) in [7, 11) is 0. The molecule has 0 aliphatic rings. The molecule has 0 bridgehead atoms. The third-order valence-corrected chi connectivity index (χ3v) is 1.17. The van der Waals surface area contributed by atoms with Gasteiger partial charge in [0.2, 0.25) is 0 Å². The van der Waals surface area contributed by atoms with Crippen LogP contribution in [0.1, 0.15) is 26.3 Å². The van der Waals surface area contributed by atoms with Crippen molar-refractivity contribution in [2.45, 2.75) is 20.8 Å². The first-order valence-corrected chi connectivity index (χ1v) is 3.88. The molecule has 0 amide bonds. The molecule has 0 radical (unpaired) electrons. The van der Waals surface area contributed by atoms with Gasteiger partial charge in [-0.25, -0.2) is 0 Å². The van der Waals surface area contributed by atoms with Crippen LogP contribution in [0.5, 0.6) is 0 Å². The van der Waals surface area contributed by atoms with E-state index in [4.69, 9.17) is 0 Å². The quantitative estimate of drug-likeness (QED) is 0.541. The summed E-state index contributed by atoms with van der Waals surface area (Å²) in [6, 6.07) is 1.85. The van der Waals surface area contributed by atoms with Crippen molar-refractivity contribution < 1.29 is 0 Å². The van der Waals surface area contributed by atoms with Gasteiger partial charge in [0.25, 0.3) is 0 Å². The minimum atomic E-state index is 0.0449. The summed E-state index contributed by atoms with van der Waals surface area (Å²) in [5.74, 6) is 6.15. The Hall–Kier alpha value is -1.36. The van der Waals surface area contributed by atoms with Gasteiger partial charge in [-0.1, -0.05) is 11.8 Å². The van der Waals surface area contributed by atoms with E-state index in [0.29, 0.717) is 0 Å². The summed E-state index contributed by atoms with van der Waals surface area (Å²) < 4.78 is 0. The van der Waals surface area contributed by atoms with Crippen LogP contribution < -0.4 is 0 Å². The third-order valence-electron chi connectivity index (χ3n) is 1.17. The number of hydrogen-bond donors (Lipinski definition) is 0. The van der Waals surface area contributed by atoms with E-state index >= 15 is 0 Å². The smallest absolute Gasteiger partial charge is 0.0652 e. The number of hydrogen-bond acceptors (Lipinski definition) is 2. The fraction of sp³-hybridized carbons (Fsp3) is 0.400. The van der Waals surface area contributed by atoms with Crippen LogP contribution in [0.2, 0.25) is 0 Å². The highest BCUT2D eigenvalue weighted by Gasteiger charge is 2.02. The Morgan fingerprint density at radius 1 is 1.25 bits per heavy atom. The van der Waals surface area contributed by atoms with Crippen molar-refractivity contribution in [1.29, 1.82) is 0 Å². The molecule has 12 heavy (non-hydrogen) atoms. The largest absolute Gasteiger partial charge is 0.159 e. The SMILES string of the molecule is CC(C)(C)C#Cc1ccnnc1. The van der Waals surface area contributed by atoms with Gasteiger partial charge in [0, 0.05) is 11.0 Å². The van der Waals surface area contributed by atoms with Gasteiger partial charge >= 0.3 is 0 Å². The predicted octanol–water partition coefficient (Wildman–Crippen LogP) is 1.87. The molecule has 0 aliphatic heterocycles. The predicted molar refractivity (Wildman–Crippen MR) is 48.4 cm³/mol. The van der Waals surface area contributed by atoms with Crippen LogP contribution in [-0.4, -0.2) is 10.2 Å². The van der Waals surface area contributed by atoms with Gasteiger partial charge in [0.1, 0.15) is 0 Å². The molecule has 0 saturated carbocycles. The van der Waals surface area contributed by atoms with Gasteiger partial charge < -0.3 is 0 Å². The summed E-state index contributed by atoms with van der Waals surface area (Å²) in [5, 5.41) is 7.40. The molecule has 0 N–H and O–H groups in total. The molecule has 0 unspecified atom stereocenters. The molecule has 0 aliphatic carbocycles. The van der Waals surface area contributed by atoms with Crippen LogP contribution in [0.15, 0.2) is 18.5 Å². The molecule has 1 heterocycles. The monoisotopic (exact) mass is 160 g/mol. The highest BCUT2D eigenvalue weighted by Crippen LogP contribution is 2.10. The fourth-order valence-electron chi connectivity index (χ4n) is 0.624. The summed E-state index contributed by atoms with van der Waals surface area (Å²) in [4.78, 5) is 0. The molecular weight excluding hydrogens is 148 g/mol. The summed E-state index contributed by atoms with van der Waals surface area (Å²) >= 11 is 0. The van der Waals surface area contributed by atoms with Crippen molar-refractivity contribution in [3.05, 3.63) is 24.0 Å². The number of rotatable bonds is 0. The van der Waals surface area contributed by atoms with E-state index in [-0.39, 0.29) is 5.41 Å². The summed E-state index contributed by atoms with van der Waals surface area (Å²) in [6.45, 7) is 6.23. The van der Waals surface area contributed by atoms with E-state index < -0.39 is 0 Å². The first-order valence-electron chi connectivity index (χ1n) is 3.88. The standard InChI is InChI=1S/C10H12N2/c1-10(2,3)6-4-9-5-7-11-12-8-9/h5,7-8H,1-3H3. The van der Waals surface area contributed by atoms with E-state index in [1.54, 1.807) is 12.4 Å². The normalized spacial score (nSPS) is 10.2. The average molecular weight is 160 g/mol. The number of aromatic nitrogens is 2. The lowest BCUT2D eigenvalue weighted by molar-refractivity contribution is 0.571. The lowest BCUT2D eigenvalue weighted by Crippen LogP contribution is -1.99. The van der Waals surface area contributed by atoms with Crippen LogP contribution in [0, 0.1) is 17.3 Å². The van der Waals surface area contributed by atoms with E-state index in [2.05, 4.69) is 42.8 Å². The second-order valence-electron chi connectivity index (χ2n) is 3.63. The third kappa shape index (κ3) is 3.16. The Balaban J connectivity index is 2.81. The highest BCUT2D eigenvalue weighted by molar-refractivity contribution is 5.31. The Bertz CT molecular complexity index is 298. The molecule has 0 fully saturated rings. The molecule has 1 aromatic rings. The molecule has 0 aromatic carbocycles. The first kappa shape index (κ1) is 8.73. The molecule has 62 valence electrons. The van der Waals surface area contributed by atoms with Crippen LogP contribution in [-0.2, 0) is 0 Å². The van der Waals surface area contributed by atoms with E-state index in [9.17, 15) is 0 Å². The summed E-state index contributed by atoms with van der Waals surface area (Å²) in [6.07, 6.45) is 3.31. The first-order chi connectivity index (χ1) is 5.58. The lowest BCUT2D eigenvalue weighted by Gasteiger charge is -2.06. The molecule has 0 saturated heterocycles. The van der Waals surface area contributed by atoms with Crippen LogP contribution >= 0.6 is 0 Å². The van der Waals surface area contributed by atoms with Crippen molar-refractivity contribution in [1.82, 2.24) is 10.2 Å². The minimum absolute atomic E-state index is 0.0449. The van der Waals surface area contributed by atoms with Crippen LogP contribution in [0.4, 0.5) is 0 Å². The maximum Gasteiger partial charge on any atom is 0.0652 e. The van der Waals surface area contributed by atoms with Gasteiger partial charge in [0.15, 0.2) is 0 Å². The average Bonchev–Trinajstić information content (AvgIpc) is 2.02. The highest BCUT2D eigenvalue weighted by atomic mass is 15.1. The molecule has 1 aromatic heterocycles. The Labute approximate surface area is 73.0 Å². The Morgan fingerprint density at radius 2 is 2.00 bits per heavy atom. The van der Waals surface area contributed by atoms with Crippen LogP contribution in [0.3, 0.4) is 0 Å². The Morgan fingerprint density at radius 3 is 2.50 bits per heavy atom. The van der Waals surface area contributed by atoms with E-state index in [1.807, 2.05) is 6.07 Å². The van der Waals surface area contributed by atoms with Gasteiger partial charge in [-0.15, -0.1) is 0 Å². The zero-order chi connectivity index (χ0) is 9.03. The van der Waals surface area contributed by atoms with Gasteiger partial charge in [-0.3, -0.25) is 0 Å². The molecular formula is C10H12N2. The van der Waals surface area contributed by atoms with Crippen molar-refractivity contribution in [3.8, 4) is 11.8 Å². The molecule has 0 spiro atoms. The topological polar surface area (TPSA) is 25.8 Å². The Kier molecular flexibility index (Phi) is 2.44. The minimum Gasteiger partial charge on any atom is -0.159 e.